The van der Waals surface area contributed by atoms with E-state index in [2.05, 4.69) is 10.0 Å². The van der Waals surface area contributed by atoms with Crippen LogP contribution in [-0.2, 0) is 0 Å². The summed E-state index contributed by atoms with van der Waals surface area (Å²) in [6.07, 6.45) is 3.65. The van der Waals surface area contributed by atoms with Crippen molar-refractivity contribution in [1.29, 1.82) is 0 Å². The van der Waals surface area contributed by atoms with E-state index < -0.39 is 0 Å². The third-order valence-corrected chi connectivity index (χ3v) is 2.14. The predicted octanol–water partition coefficient (Wildman–Crippen LogP) is 3.97. The van der Waals surface area contributed by atoms with Crippen LogP contribution in [-0.4, -0.2) is 6.54 Å². The summed E-state index contributed by atoms with van der Waals surface area (Å²) < 4.78 is 0. The summed E-state index contributed by atoms with van der Waals surface area (Å²) in [5.74, 6) is 0. The van der Waals surface area contributed by atoms with E-state index in [-0.39, 0.29) is 0 Å². The first-order valence-electron chi connectivity index (χ1n) is 4.18. The highest BCUT2D eigenvalue weighted by Crippen LogP contribution is 2.20. The van der Waals surface area contributed by atoms with Gasteiger partial charge in [-0.3, -0.25) is 0 Å². The average molecular weight is 208 g/mol. The summed E-state index contributed by atoms with van der Waals surface area (Å²) in [6, 6.07) is 5.73. The third kappa shape index (κ3) is 2.80. The van der Waals surface area contributed by atoms with Gasteiger partial charge in [0, 0.05) is 16.5 Å². The van der Waals surface area contributed by atoms with Crippen LogP contribution in [0, 0.1) is 6.92 Å². The van der Waals surface area contributed by atoms with Crippen molar-refractivity contribution in [1.82, 2.24) is 0 Å². The first kappa shape index (κ1) is 10.6. The van der Waals surface area contributed by atoms with E-state index in [0.717, 1.165) is 11.1 Å². The van der Waals surface area contributed by atoms with Crippen LogP contribution in [0.15, 0.2) is 29.4 Å². The molecular weight excluding hydrogens is 198 g/mol. The van der Waals surface area contributed by atoms with Crippen molar-refractivity contribution in [2.24, 2.45) is 5.11 Å². The van der Waals surface area contributed by atoms with Crippen LogP contribution in [0.3, 0.4) is 0 Å². The molecule has 0 bridgehead atoms. The van der Waals surface area contributed by atoms with Crippen molar-refractivity contribution >= 4 is 17.7 Å². The lowest BCUT2D eigenvalue weighted by Crippen LogP contribution is -1.81. The van der Waals surface area contributed by atoms with E-state index in [1.165, 1.54) is 0 Å². The highest BCUT2D eigenvalue weighted by molar-refractivity contribution is 6.32. The van der Waals surface area contributed by atoms with E-state index in [9.17, 15) is 0 Å². The summed E-state index contributed by atoms with van der Waals surface area (Å²) >= 11 is 5.99. The van der Waals surface area contributed by atoms with Gasteiger partial charge in [-0.05, 0) is 29.6 Å². The van der Waals surface area contributed by atoms with E-state index in [1.807, 2.05) is 31.2 Å². The SMILES string of the molecule is Cc1cccc(Cl)c1C=CCN=[N+]=[N-]. The molecule has 4 heteroatoms. The van der Waals surface area contributed by atoms with E-state index in [4.69, 9.17) is 17.1 Å². The lowest BCUT2D eigenvalue weighted by Gasteiger charge is -2.01. The van der Waals surface area contributed by atoms with Crippen molar-refractivity contribution in [3.05, 3.63) is 50.9 Å². The molecule has 0 unspecified atom stereocenters. The maximum Gasteiger partial charge on any atom is 0.0480 e. The molecule has 1 rings (SSSR count). The van der Waals surface area contributed by atoms with Gasteiger partial charge >= 0.3 is 0 Å². The smallest absolute Gasteiger partial charge is 0.0480 e. The Hall–Kier alpha value is -1.44. The van der Waals surface area contributed by atoms with Crippen LogP contribution in [0.25, 0.3) is 16.5 Å². The number of rotatable bonds is 3. The van der Waals surface area contributed by atoms with Gasteiger partial charge in [-0.25, -0.2) is 0 Å². The second kappa shape index (κ2) is 5.32. The van der Waals surface area contributed by atoms with Gasteiger partial charge in [0.2, 0.25) is 0 Å². The van der Waals surface area contributed by atoms with Gasteiger partial charge in [-0.1, -0.05) is 41.0 Å². The van der Waals surface area contributed by atoms with Crippen molar-refractivity contribution in [3.8, 4) is 0 Å². The highest BCUT2D eigenvalue weighted by Gasteiger charge is 1.97. The largest absolute Gasteiger partial charge is 0.0899 e. The van der Waals surface area contributed by atoms with Crippen molar-refractivity contribution in [3.63, 3.8) is 0 Å². The van der Waals surface area contributed by atoms with Gasteiger partial charge in [-0.15, -0.1) is 0 Å². The molecule has 0 saturated heterocycles. The van der Waals surface area contributed by atoms with E-state index in [1.54, 1.807) is 6.08 Å². The second-order valence-electron chi connectivity index (χ2n) is 2.79. The molecule has 72 valence electrons. The fourth-order valence-electron chi connectivity index (χ4n) is 1.11. The Morgan fingerprint density at radius 3 is 3.00 bits per heavy atom. The summed E-state index contributed by atoms with van der Waals surface area (Å²) in [5, 5.41) is 4.11. The zero-order valence-electron chi connectivity index (χ0n) is 7.81. The summed E-state index contributed by atoms with van der Waals surface area (Å²) in [5.41, 5.74) is 10.2. The van der Waals surface area contributed by atoms with E-state index >= 15 is 0 Å². The Balaban J connectivity index is 2.85. The number of azide groups is 1. The van der Waals surface area contributed by atoms with Gasteiger partial charge in [0.15, 0.2) is 0 Å². The predicted molar refractivity (Wildman–Crippen MR) is 59.2 cm³/mol. The molecular formula is C10H10ClN3. The van der Waals surface area contributed by atoms with Crippen LogP contribution in [0.4, 0.5) is 0 Å². The topological polar surface area (TPSA) is 48.8 Å². The maximum absolute atomic E-state index is 8.07. The normalized spacial score (nSPS) is 10.1. The molecule has 0 saturated carbocycles. The number of aryl methyl sites for hydroxylation is 1. The molecule has 3 nitrogen and oxygen atoms in total. The Bertz CT molecular complexity index is 372. The Morgan fingerprint density at radius 1 is 1.57 bits per heavy atom. The molecule has 1 aromatic carbocycles. The number of halogens is 1. The van der Waals surface area contributed by atoms with Gasteiger partial charge in [0.25, 0.3) is 0 Å². The molecule has 0 aromatic heterocycles. The number of nitrogens with zero attached hydrogens (tertiary/aromatic N) is 3. The lowest BCUT2D eigenvalue weighted by atomic mass is 10.1. The lowest BCUT2D eigenvalue weighted by molar-refractivity contribution is 1.22. The molecule has 0 aliphatic rings. The van der Waals surface area contributed by atoms with Gasteiger partial charge in [0.05, 0.1) is 0 Å². The summed E-state index contributed by atoms with van der Waals surface area (Å²) in [7, 11) is 0. The van der Waals surface area contributed by atoms with Crippen LogP contribution in [0.5, 0.6) is 0 Å². The maximum atomic E-state index is 8.07. The van der Waals surface area contributed by atoms with Crippen molar-refractivity contribution in [2.75, 3.05) is 6.54 Å². The number of benzene rings is 1. The molecule has 0 N–H and O–H groups in total. The van der Waals surface area contributed by atoms with Crippen LogP contribution >= 0.6 is 11.6 Å². The minimum absolute atomic E-state index is 0.348. The zero-order valence-corrected chi connectivity index (χ0v) is 8.57. The average Bonchev–Trinajstić information content (AvgIpc) is 2.16. The molecule has 0 aliphatic carbocycles. The molecule has 0 fully saturated rings. The first-order chi connectivity index (χ1) is 6.75. The van der Waals surface area contributed by atoms with Crippen molar-refractivity contribution < 1.29 is 0 Å². The minimum Gasteiger partial charge on any atom is -0.0899 e. The Morgan fingerprint density at radius 2 is 2.36 bits per heavy atom. The van der Waals surface area contributed by atoms with Gasteiger partial charge in [0.1, 0.15) is 0 Å². The van der Waals surface area contributed by atoms with Gasteiger partial charge in [-0.2, -0.15) is 0 Å². The van der Waals surface area contributed by atoms with Crippen LogP contribution < -0.4 is 0 Å². The summed E-state index contributed by atoms with van der Waals surface area (Å²) in [6.45, 7) is 2.33. The quantitative estimate of drug-likeness (QED) is 0.409. The first-order valence-corrected chi connectivity index (χ1v) is 4.56. The number of hydrogen-bond donors (Lipinski definition) is 0. The molecule has 1 aromatic rings. The Kier molecular flexibility index (Phi) is 4.05. The minimum atomic E-state index is 0.348. The molecule has 14 heavy (non-hydrogen) atoms. The number of hydrogen-bond acceptors (Lipinski definition) is 1. The molecule has 0 spiro atoms. The molecule has 0 amide bonds. The highest BCUT2D eigenvalue weighted by atomic mass is 35.5. The van der Waals surface area contributed by atoms with Crippen molar-refractivity contribution in [2.45, 2.75) is 6.92 Å². The standard InChI is InChI=1S/C10H10ClN3/c1-8-4-2-6-10(11)9(8)5-3-7-13-14-12/h2-6H,7H2,1H3. The van der Waals surface area contributed by atoms with Gasteiger partial charge < -0.3 is 0 Å². The molecule has 0 heterocycles. The summed E-state index contributed by atoms with van der Waals surface area (Å²) in [4.78, 5) is 2.65. The zero-order chi connectivity index (χ0) is 10.4. The fourth-order valence-corrected chi connectivity index (χ4v) is 1.39. The molecule has 0 aliphatic heterocycles. The second-order valence-corrected chi connectivity index (χ2v) is 3.19. The molecule has 0 radical (unpaired) electrons. The van der Waals surface area contributed by atoms with E-state index in [0.29, 0.717) is 11.6 Å². The monoisotopic (exact) mass is 207 g/mol. The van der Waals surface area contributed by atoms with Crippen LogP contribution in [0.1, 0.15) is 11.1 Å². The van der Waals surface area contributed by atoms with Crippen LogP contribution in [0.2, 0.25) is 5.02 Å². The fraction of sp³-hybridized carbons (Fsp3) is 0.200. The molecule has 0 atom stereocenters. The third-order valence-electron chi connectivity index (χ3n) is 1.81. The Labute approximate surface area is 87.6 Å².